The van der Waals surface area contributed by atoms with Crippen LogP contribution >= 0.6 is 22.9 Å². The lowest BCUT2D eigenvalue weighted by Gasteiger charge is -2.29. The van der Waals surface area contributed by atoms with E-state index in [4.69, 9.17) is 16.3 Å². The highest BCUT2D eigenvalue weighted by atomic mass is 35.5. The Bertz CT molecular complexity index is 1400. The van der Waals surface area contributed by atoms with Crippen LogP contribution in [0, 0.1) is 24.2 Å². The standard InChI is InChI=1S/C28H30ClN3O3S/c1-14-10-15(29)11-18(23(14)35-20-7-9-31-28(20,4)5)17-6-8-30-19-12-16(36-24(17)19)13-32-25(33)21-22(26(32)34)27(21,2)3/h6,8,10-12,20-22,31H,7,9,13H2,1-5H3. The summed E-state index contributed by atoms with van der Waals surface area (Å²) in [5, 5.41) is 4.17. The number of pyridine rings is 1. The number of ether oxygens (including phenoxy) is 1. The fraction of sp³-hybridized carbons (Fsp3) is 0.464. The first kappa shape index (κ1) is 23.9. The van der Waals surface area contributed by atoms with Gasteiger partial charge in [-0.2, -0.15) is 0 Å². The molecule has 0 bridgehead atoms. The summed E-state index contributed by atoms with van der Waals surface area (Å²) in [7, 11) is 0. The number of benzene rings is 1. The molecular formula is C28H30ClN3O3S. The van der Waals surface area contributed by atoms with Crippen LogP contribution in [-0.4, -0.2) is 39.9 Å². The number of aryl methyl sites for hydroxylation is 1. The van der Waals surface area contributed by atoms with Crippen molar-refractivity contribution in [2.75, 3.05) is 6.54 Å². The quantitative estimate of drug-likeness (QED) is 0.442. The van der Waals surface area contributed by atoms with Gasteiger partial charge in [-0.15, -0.1) is 11.3 Å². The second-order valence-electron chi connectivity index (χ2n) is 11.5. The van der Waals surface area contributed by atoms with Gasteiger partial charge in [-0.25, -0.2) is 0 Å². The minimum atomic E-state index is -0.205. The summed E-state index contributed by atoms with van der Waals surface area (Å²) in [4.78, 5) is 32.7. The molecule has 6 nitrogen and oxygen atoms in total. The van der Waals surface area contributed by atoms with Crippen molar-refractivity contribution < 1.29 is 14.3 Å². The lowest BCUT2D eigenvalue weighted by Crippen LogP contribution is -2.44. The van der Waals surface area contributed by atoms with Gasteiger partial charge in [-0.05, 0) is 69.0 Å². The highest BCUT2D eigenvalue weighted by Gasteiger charge is 2.72. The van der Waals surface area contributed by atoms with Gasteiger partial charge in [0.25, 0.3) is 0 Å². The summed E-state index contributed by atoms with van der Waals surface area (Å²) in [5.74, 6) is 0.396. The predicted octanol–water partition coefficient (Wildman–Crippen LogP) is 5.59. The number of aromatic nitrogens is 1. The molecule has 1 aromatic carbocycles. The molecule has 2 amide bonds. The second kappa shape index (κ2) is 8.01. The van der Waals surface area contributed by atoms with Crippen LogP contribution in [0.3, 0.4) is 0 Å². The third-order valence-corrected chi connectivity index (χ3v) is 9.61. The van der Waals surface area contributed by atoms with Crippen molar-refractivity contribution in [2.45, 2.75) is 59.2 Å². The maximum atomic E-state index is 12.9. The Balaban J connectivity index is 1.37. The van der Waals surface area contributed by atoms with Crippen molar-refractivity contribution in [3.8, 4) is 16.9 Å². The molecule has 3 fully saturated rings. The third kappa shape index (κ3) is 3.58. The number of hydrogen-bond donors (Lipinski definition) is 1. The number of imide groups is 1. The van der Waals surface area contributed by atoms with Crippen LogP contribution in [0.5, 0.6) is 5.75 Å². The van der Waals surface area contributed by atoms with Gasteiger partial charge in [0.05, 0.1) is 28.6 Å². The molecule has 1 saturated carbocycles. The molecular weight excluding hydrogens is 494 g/mol. The number of carbonyl (C=O) groups excluding carboxylic acids is 2. The molecule has 3 aromatic rings. The van der Waals surface area contributed by atoms with E-state index in [1.807, 2.05) is 45.0 Å². The monoisotopic (exact) mass is 523 g/mol. The number of carbonyl (C=O) groups is 2. The van der Waals surface area contributed by atoms with Crippen molar-refractivity contribution in [3.63, 3.8) is 0 Å². The van der Waals surface area contributed by atoms with Gasteiger partial charge in [-0.1, -0.05) is 25.4 Å². The molecule has 0 spiro atoms. The zero-order valence-corrected chi connectivity index (χ0v) is 22.7. The highest BCUT2D eigenvalue weighted by molar-refractivity contribution is 7.19. The number of fused-ring (bicyclic) bond motifs is 2. The van der Waals surface area contributed by atoms with Gasteiger partial charge < -0.3 is 10.1 Å². The normalized spacial score (nSPS) is 26.1. The smallest absolute Gasteiger partial charge is 0.234 e. The molecule has 188 valence electrons. The van der Waals surface area contributed by atoms with Gasteiger partial charge in [0.15, 0.2) is 0 Å². The third-order valence-electron chi connectivity index (χ3n) is 8.25. The summed E-state index contributed by atoms with van der Waals surface area (Å²) < 4.78 is 7.65. The fourth-order valence-electron chi connectivity index (χ4n) is 6.03. The number of thiophene rings is 1. The summed E-state index contributed by atoms with van der Waals surface area (Å²) in [6.07, 6.45) is 2.76. The Labute approximate surface area is 220 Å². The van der Waals surface area contributed by atoms with Crippen molar-refractivity contribution in [2.24, 2.45) is 17.3 Å². The van der Waals surface area contributed by atoms with Gasteiger partial charge in [-0.3, -0.25) is 19.5 Å². The van der Waals surface area contributed by atoms with E-state index in [-0.39, 0.29) is 40.7 Å². The van der Waals surface area contributed by atoms with E-state index in [1.54, 1.807) is 17.5 Å². The number of nitrogens with one attached hydrogen (secondary N) is 1. The van der Waals surface area contributed by atoms with Crippen molar-refractivity contribution >= 4 is 45.0 Å². The maximum Gasteiger partial charge on any atom is 0.234 e. The first-order chi connectivity index (χ1) is 17.0. The van der Waals surface area contributed by atoms with Crippen LogP contribution in [0.4, 0.5) is 0 Å². The van der Waals surface area contributed by atoms with E-state index in [2.05, 4.69) is 24.1 Å². The number of piperidine rings is 1. The Hall–Kier alpha value is -2.48. The zero-order valence-electron chi connectivity index (χ0n) is 21.1. The average molecular weight is 524 g/mol. The fourth-order valence-corrected chi connectivity index (χ4v) is 7.43. The number of nitrogens with zero attached hydrogens (tertiary/aromatic N) is 2. The zero-order chi connectivity index (χ0) is 25.6. The van der Waals surface area contributed by atoms with E-state index in [9.17, 15) is 9.59 Å². The van der Waals surface area contributed by atoms with E-state index in [1.165, 1.54) is 4.90 Å². The predicted molar refractivity (Wildman–Crippen MR) is 142 cm³/mol. The largest absolute Gasteiger partial charge is 0.488 e. The van der Waals surface area contributed by atoms with E-state index < -0.39 is 0 Å². The number of hydrogen-bond acceptors (Lipinski definition) is 6. The molecule has 6 rings (SSSR count). The van der Waals surface area contributed by atoms with Gasteiger partial charge in [0.1, 0.15) is 11.9 Å². The molecule has 2 aromatic heterocycles. The summed E-state index contributed by atoms with van der Waals surface area (Å²) >= 11 is 8.09. The number of likely N-dealkylation sites (tertiary alicyclic amines) is 1. The Kier molecular flexibility index (Phi) is 5.31. The van der Waals surface area contributed by atoms with Gasteiger partial charge in [0.2, 0.25) is 11.8 Å². The molecule has 2 saturated heterocycles. The summed E-state index contributed by atoms with van der Waals surface area (Å²) in [5.41, 5.74) is 3.41. The van der Waals surface area contributed by atoms with E-state index in [0.29, 0.717) is 11.6 Å². The van der Waals surface area contributed by atoms with Crippen molar-refractivity contribution in [1.29, 1.82) is 0 Å². The maximum absolute atomic E-state index is 12.9. The molecule has 3 aliphatic rings. The molecule has 3 atom stereocenters. The molecule has 3 unspecified atom stereocenters. The summed E-state index contributed by atoms with van der Waals surface area (Å²) in [6.45, 7) is 11.6. The Morgan fingerprint density at radius 1 is 1.14 bits per heavy atom. The minimum absolute atomic E-state index is 0.0372. The van der Waals surface area contributed by atoms with Gasteiger partial charge in [0, 0.05) is 32.8 Å². The molecule has 0 radical (unpaired) electrons. The second-order valence-corrected chi connectivity index (χ2v) is 13.0. The number of rotatable bonds is 5. The molecule has 8 heteroatoms. The number of amides is 2. The molecule has 1 N–H and O–H groups in total. The van der Waals surface area contributed by atoms with Crippen LogP contribution in [-0.2, 0) is 16.1 Å². The molecule has 4 heterocycles. The van der Waals surface area contributed by atoms with Crippen molar-refractivity contribution in [1.82, 2.24) is 15.2 Å². The topological polar surface area (TPSA) is 71.5 Å². The molecule has 1 aliphatic carbocycles. The first-order valence-electron chi connectivity index (χ1n) is 12.4. The van der Waals surface area contributed by atoms with Crippen LogP contribution in [0.15, 0.2) is 30.5 Å². The Morgan fingerprint density at radius 2 is 1.86 bits per heavy atom. The minimum Gasteiger partial charge on any atom is -0.488 e. The average Bonchev–Trinajstić information content (AvgIpc) is 3.11. The van der Waals surface area contributed by atoms with E-state index in [0.717, 1.165) is 50.5 Å². The lowest BCUT2D eigenvalue weighted by atomic mass is 9.98. The van der Waals surface area contributed by atoms with Crippen LogP contribution in [0.25, 0.3) is 21.3 Å². The Morgan fingerprint density at radius 3 is 2.53 bits per heavy atom. The molecule has 36 heavy (non-hydrogen) atoms. The molecule has 2 aliphatic heterocycles. The number of halogens is 1. The summed E-state index contributed by atoms with van der Waals surface area (Å²) in [6, 6.07) is 7.87. The van der Waals surface area contributed by atoms with Crippen LogP contribution in [0.2, 0.25) is 5.02 Å². The highest BCUT2D eigenvalue weighted by Crippen LogP contribution is 2.63. The van der Waals surface area contributed by atoms with E-state index >= 15 is 0 Å². The van der Waals surface area contributed by atoms with Crippen LogP contribution in [0.1, 0.15) is 44.6 Å². The SMILES string of the molecule is Cc1cc(Cl)cc(-c2ccnc3cc(CN4C(=O)C5C(C4=O)C5(C)C)sc23)c1OC1CCNC1(C)C. The first-order valence-corrected chi connectivity index (χ1v) is 13.6. The van der Waals surface area contributed by atoms with Crippen LogP contribution < -0.4 is 10.1 Å². The van der Waals surface area contributed by atoms with Gasteiger partial charge >= 0.3 is 0 Å². The lowest BCUT2D eigenvalue weighted by molar-refractivity contribution is -0.143. The van der Waals surface area contributed by atoms with Crippen molar-refractivity contribution in [3.05, 3.63) is 45.9 Å².